The molecule has 1 atom stereocenters. The number of nitrogens with one attached hydrogen (secondary N) is 2. The lowest BCUT2D eigenvalue weighted by Gasteiger charge is -2.28. The fourth-order valence-electron chi connectivity index (χ4n) is 1.57. The van der Waals surface area contributed by atoms with Crippen LogP contribution >= 0.6 is 0 Å². The normalized spacial score (nSPS) is 19.1. The summed E-state index contributed by atoms with van der Waals surface area (Å²) in [5.41, 5.74) is 5.50. The van der Waals surface area contributed by atoms with Gasteiger partial charge < -0.3 is 21.6 Å². The van der Waals surface area contributed by atoms with Crippen molar-refractivity contribution in [2.45, 2.75) is 45.2 Å². The Morgan fingerprint density at radius 2 is 2.12 bits per heavy atom. The topological polar surface area (TPSA) is 99.7 Å². The molecule has 5 N–H and O–H groups in total. The lowest BCUT2D eigenvalue weighted by molar-refractivity contribution is 0.224. The quantitative estimate of drug-likeness (QED) is 0.245. The zero-order chi connectivity index (χ0) is 12.1. The highest BCUT2D eigenvalue weighted by Crippen LogP contribution is 2.17. The molecule has 1 fully saturated rings. The first-order valence-electron chi connectivity index (χ1n) is 5.59. The molecule has 0 saturated heterocycles. The second-order valence-electron chi connectivity index (χ2n) is 4.49. The largest absolute Gasteiger partial charge is 0.409 e. The van der Waals surface area contributed by atoms with E-state index in [-0.39, 0.29) is 23.8 Å². The zero-order valence-corrected chi connectivity index (χ0v) is 9.73. The second kappa shape index (κ2) is 5.58. The van der Waals surface area contributed by atoms with Crippen molar-refractivity contribution >= 4 is 11.9 Å². The molecule has 1 saturated carbocycles. The molecule has 0 aromatic heterocycles. The number of nitrogens with two attached hydrogens (primary N) is 1. The van der Waals surface area contributed by atoms with Gasteiger partial charge in [-0.25, -0.2) is 4.79 Å². The van der Waals surface area contributed by atoms with E-state index >= 15 is 0 Å². The summed E-state index contributed by atoms with van der Waals surface area (Å²) in [6, 6.07) is -0.417. The predicted molar refractivity (Wildman–Crippen MR) is 61.3 cm³/mol. The maximum atomic E-state index is 11.6. The molecule has 2 amide bonds. The van der Waals surface area contributed by atoms with E-state index in [4.69, 9.17) is 10.9 Å². The molecule has 6 heteroatoms. The highest BCUT2D eigenvalue weighted by Gasteiger charge is 2.24. The van der Waals surface area contributed by atoms with E-state index in [1.165, 1.54) is 6.42 Å². The predicted octanol–water partition coefficient (Wildman–Crippen LogP) is 0.609. The summed E-state index contributed by atoms with van der Waals surface area (Å²) < 4.78 is 0. The fraction of sp³-hybridized carbons (Fsp3) is 0.800. The van der Waals surface area contributed by atoms with Gasteiger partial charge in [0.05, 0.1) is 6.04 Å². The van der Waals surface area contributed by atoms with Crippen molar-refractivity contribution in [2.75, 3.05) is 0 Å². The Labute approximate surface area is 95.3 Å². The van der Waals surface area contributed by atoms with E-state index in [9.17, 15) is 4.79 Å². The van der Waals surface area contributed by atoms with Gasteiger partial charge in [0.1, 0.15) is 0 Å². The van der Waals surface area contributed by atoms with Gasteiger partial charge in [-0.2, -0.15) is 0 Å². The van der Waals surface area contributed by atoms with Crippen molar-refractivity contribution in [2.24, 2.45) is 16.8 Å². The molecule has 0 aliphatic heterocycles. The number of carbonyl (C=O) groups is 1. The Kier molecular flexibility index (Phi) is 4.39. The van der Waals surface area contributed by atoms with Crippen LogP contribution in [-0.4, -0.2) is 29.2 Å². The van der Waals surface area contributed by atoms with E-state index in [2.05, 4.69) is 15.8 Å². The van der Waals surface area contributed by atoms with Crippen molar-refractivity contribution in [1.29, 1.82) is 0 Å². The number of amidine groups is 1. The van der Waals surface area contributed by atoms with Gasteiger partial charge in [-0.15, -0.1) is 0 Å². The van der Waals surface area contributed by atoms with Crippen LogP contribution in [0.1, 0.15) is 33.1 Å². The maximum Gasteiger partial charge on any atom is 0.315 e. The van der Waals surface area contributed by atoms with Gasteiger partial charge in [0.15, 0.2) is 5.84 Å². The third-order valence-electron chi connectivity index (χ3n) is 2.83. The van der Waals surface area contributed by atoms with Crippen molar-refractivity contribution in [3.05, 3.63) is 0 Å². The van der Waals surface area contributed by atoms with E-state index in [1.807, 2.05) is 13.8 Å². The summed E-state index contributed by atoms with van der Waals surface area (Å²) in [4.78, 5) is 11.6. The van der Waals surface area contributed by atoms with E-state index in [0.717, 1.165) is 12.8 Å². The molecule has 0 aromatic rings. The molecule has 1 aliphatic carbocycles. The molecule has 92 valence electrons. The first kappa shape index (κ1) is 12.6. The second-order valence-corrected chi connectivity index (χ2v) is 4.49. The van der Waals surface area contributed by atoms with Crippen LogP contribution in [0.4, 0.5) is 4.79 Å². The van der Waals surface area contributed by atoms with Crippen LogP contribution in [0.15, 0.2) is 5.16 Å². The minimum Gasteiger partial charge on any atom is -0.409 e. The van der Waals surface area contributed by atoms with Crippen molar-refractivity contribution in [3.8, 4) is 0 Å². The van der Waals surface area contributed by atoms with Gasteiger partial charge in [0.2, 0.25) is 0 Å². The van der Waals surface area contributed by atoms with Gasteiger partial charge in [-0.3, -0.25) is 0 Å². The summed E-state index contributed by atoms with van der Waals surface area (Å²) in [5, 5.41) is 17.1. The monoisotopic (exact) mass is 228 g/mol. The molecule has 1 rings (SSSR count). The number of urea groups is 1. The van der Waals surface area contributed by atoms with E-state index in [0.29, 0.717) is 0 Å². The molecule has 0 heterocycles. The number of oxime groups is 1. The van der Waals surface area contributed by atoms with Crippen LogP contribution in [0.2, 0.25) is 0 Å². The molecule has 1 aliphatic rings. The van der Waals surface area contributed by atoms with Crippen LogP contribution in [0, 0.1) is 5.92 Å². The van der Waals surface area contributed by atoms with Crippen LogP contribution in [0.5, 0.6) is 0 Å². The van der Waals surface area contributed by atoms with Crippen LogP contribution in [-0.2, 0) is 0 Å². The average Bonchev–Trinajstić information content (AvgIpc) is 2.18. The molecule has 0 spiro atoms. The third kappa shape index (κ3) is 3.29. The zero-order valence-electron chi connectivity index (χ0n) is 9.73. The van der Waals surface area contributed by atoms with Gasteiger partial charge >= 0.3 is 6.03 Å². The summed E-state index contributed by atoms with van der Waals surface area (Å²) in [6.07, 6.45) is 3.23. The first-order valence-corrected chi connectivity index (χ1v) is 5.59. The number of carbonyl (C=O) groups excluding carboxylic acids is 1. The summed E-state index contributed by atoms with van der Waals surface area (Å²) in [6.45, 7) is 3.79. The SMILES string of the molecule is CC(C)C(NC(=O)NC1CCC1)C(N)=NO. The Morgan fingerprint density at radius 1 is 1.50 bits per heavy atom. The maximum absolute atomic E-state index is 11.6. The molecule has 0 aromatic carbocycles. The standard InChI is InChI=1S/C10H20N4O2/c1-6(2)8(9(11)14-16)13-10(15)12-7-4-3-5-7/h6-8,16H,3-5H2,1-2H3,(H2,11,14)(H2,12,13,15). The molecule has 0 bridgehead atoms. The number of amides is 2. The van der Waals surface area contributed by atoms with Crippen molar-refractivity contribution in [1.82, 2.24) is 10.6 Å². The molecule has 1 unspecified atom stereocenters. The Hall–Kier alpha value is -1.46. The number of nitrogens with zero attached hydrogens (tertiary/aromatic N) is 1. The highest BCUT2D eigenvalue weighted by atomic mass is 16.4. The minimum absolute atomic E-state index is 0.0266. The minimum atomic E-state index is -0.440. The molecule has 0 radical (unpaired) electrons. The number of hydrogen-bond acceptors (Lipinski definition) is 3. The molecular formula is C10H20N4O2. The number of hydrogen-bond donors (Lipinski definition) is 4. The van der Waals surface area contributed by atoms with Crippen molar-refractivity contribution in [3.63, 3.8) is 0 Å². The van der Waals surface area contributed by atoms with Crippen LogP contribution < -0.4 is 16.4 Å². The molecule has 6 nitrogen and oxygen atoms in total. The van der Waals surface area contributed by atoms with E-state index < -0.39 is 6.04 Å². The molecular weight excluding hydrogens is 208 g/mol. The molecule has 16 heavy (non-hydrogen) atoms. The van der Waals surface area contributed by atoms with Gasteiger partial charge in [-0.1, -0.05) is 19.0 Å². The Bertz CT molecular complexity index is 274. The smallest absolute Gasteiger partial charge is 0.315 e. The van der Waals surface area contributed by atoms with Crippen LogP contribution in [0.3, 0.4) is 0 Å². The lowest BCUT2D eigenvalue weighted by Crippen LogP contribution is -2.54. The van der Waals surface area contributed by atoms with Gasteiger partial charge in [0, 0.05) is 6.04 Å². The lowest BCUT2D eigenvalue weighted by atomic mass is 9.93. The van der Waals surface area contributed by atoms with E-state index in [1.54, 1.807) is 0 Å². The Balaban J connectivity index is 2.44. The summed E-state index contributed by atoms with van der Waals surface area (Å²) in [7, 11) is 0. The fourth-order valence-corrected chi connectivity index (χ4v) is 1.57. The Morgan fingerprint density at radius 3 is 2.50 bits per heavy atom. The third-order valence-corrected chi connectivity index (χ3v) is 2.83. The van der Waals surface area contributed by atoms with Gasteiger partial charge in [0.25, 0.3) is 0 Å². The first-order chi connectivity index (χ1) is 7.54. The summed E-state index contributed by atoms with van der Waals surface area (Å²) in [5.74, 6) is 0.0989. The van der Waals surface area contributed by atoms with Crippen LogP contribution in [0.25, 0.3) is 0 Å². The highest BCUT2D eigenvalue weighted by molar-refractivity contribution is 5.89. The van der Waals surface area contributed by atoms with Gasteiger partial charge in [-0.05, 0) is 25.2 Å². The van der Waals surface area contributed by atoms with Crippen molar-refractivity contribution < 1.29 is 10.0 Å². The average molecular weight is 228 g/mol. The number of rotatable bonds is 4. The summed E-state index contributed by atoms with van der Waals surface area (Å²) >= 11 is 0.